The van der Waals surface area contributed by atoms with Crippen molar-refractivity contribution < 1.29 is 9.53 Å². The number of nitrogens with one attached hydrogen (secondary N) is 2. The Bertz CT molecular complexity index is 442. The van der Waals surface area contributed by atoms with E-state index in [1.54, 1.807) is 0 Å². The van der Waals surface area contributed by atoms with Gasteiger partial charge in [-0.05, 0) is 44.9 Å². The van der Waals surface area contributed by atoms with E-state index in [0.29, 0.717) is 12.5 Å². The second kappa shape index (κ2) is 7.29. The molecule has 4 nitrogen and oxygen atoms in total. The zero-order chi connectivity index (χ0) is 14.4. The van der Waals surface area contributed by atoms with Crippen molar-refractivity contribution in [3.05, 3.63) is 24.3 Å². The SMILES string of the molecule is CCC(C)Oc1cccc(NC(=O)CC2CCCN2)c1. The summed E-state index contributed by atoms with van der Waals surface area (Å²) in [5, 5.41) is 6.27. The quantitative estimate of drug-likeness (QED) is 0.840. The second-order valence-corrected chi connectivity index (χ2v) is 5.41. The highest BCUT2D eigenvalue weighted by Gasteiger charge is 2.17. The molecule has 1 heterocycles. The Morgan fingerprint density at radius 3 is 3.10 bits per heavy atom. The average Bonchev–Trinajstić information content (AvgIpc) is 2.91. The number of amides is 1. The molecule has 2 N–H and O–H groups in total. The van der Waals surface area contributed by atoms with E-state index in [1.165, 1.54) is 0 Å². The maximum Gasteiger partial charge on any atom is 0.225 e. The van der Waals surface area contributed by atoms with Gasteiger partial charge in [0.2, 0.25) is 5.91 Å². The molecule has 0 saturated carbocycles. The Labute approximate surface area is 120 Å². The van der Waals surface area contributed by atoms with E-state index < -0.39 is 0 Å². The van der Waals surface area contributed by atoms with Gasteiger partial charge in [0.1, 0.15) is 5.75 Å². The topological polar surface area (TPSA) is 50.4 Å². The number of carbonyl (C=O) groups is 1. The predicted molar refractivity (Wildman–Crippen MR) is 81.1 cm³/mol. The van der Waals surface area contributed by atoms with Crippen molar-refractivity contribution in [2.24, 2.45) is 0 Å². The minimum Gasteiger partial charge on any atom is -0.491 e. The van der Waals surface area contributed by atoms with Crippen LogP contribution < -0.4 is 15.4 Å². The first-order valence-corrected chi connectivity index (χ1v) is 7.47. The van der Waals surface area contributed by atoms with Crippen molar-refractivity contribution in [1.29, 1.82) is 0 Å². The maximum atomic E-state index is 12.0. The van der Waals surface area contributed by atoms with Crippen LogP contribution in [0.5, 0.6) is 5.75 Å². The van der Waals surface area contributed by atoms with Gasteiger partial charge in [0.05, 0.1) is 6.10 Å². The molecule has 2 atom stereocenters. The van der Waals surface area contributed by atoms with Crippen LogP contribution in [0.4, 0.5) is 5.69 Å². The first kappa shape index (κ1) is 14.9. The molecule has 0 aliphatic carbocycles. The summed E-state index contributed by atoms with van der Waals surface area (Å²) in [4.78, 5) is 12.0. The molecule has 1 saturated heterocycles. The first-order chi connectivity index (χ1) is 9.67. The number of rotatable bonds is 6. The molecule has 2 rings (SSSR count). The summed E-state index contributed by atoms with van der Waals surface area (Å²) in [6.45, 7) is 5.15. The Morgan fingerprint density at radius 1 is 1.55 bits per heavy atom. The zero-order valence-corrected chi connectivity index (χ0v) is 12.3. The molecular weight excluding hydrogens is 252 g/mol. The molecule has 1 aliphatic heterocycles. The van der Waals surface area contributed by atoms with Crippen LogP contribution >= 0.6 is 0 Å². The van der Waals surface area contributed by atoms with Crippen molar-refractivity contribution in [2.75, 3.05) is 11.9 Å². The smallest absolute Gasteiger partial charge is 0.225 e. The van der Waals surface area contributed by atoms with E-state index in [-0.39, 0.29) is 12.0 Å². The average molecular weight is 276 g/mol. The zero-order valence-electron chi connectivity index (χ0n) is 12.3. The van der Waals surface area contributed by atoms with Crippen molar-refractivity contribution in [2.45, 2.75) is 51.7 Å². The van der Waals surface area contributed by atoms with Gasteiger partial charge in [-0.3, -0.25) is 4.79 Å². The fraction of sp³-hybridized carbons (Fsp3) is 0.562. The predicted octanol–water partition coefficient (Wildman–Crippen LogP) is 2.94. The Hall–Kier alpha value is -1.55. The van der Waals surface area contributed by atoms with E-state index in [9.17, 15) is 4.79 Å². The van der Waals surface area contributed by atoms with Gasteiger partial charge in [0.25, 0.3) is 0 Å². The first-order valence-electron chi connectivity index (χ1n) is 7.47. The summed E-state index contributed by atoms with van der Waals surface area (Å²) < 4.78 is 5.76. The highest BCUT2D eigenvalue weighted by Crippen LogP contribution is 2.20. The van der Waals surface area contributed by atoms with Gasteiger partial charge >= 0.3 is 0 Å². The van der Waals surface area contributed by atoms with Crippen LogP contribution in [0, 0.1) is 0 Å². The van der Waals surface area contributed by atoms with Crippen molar-refractivity contribution in [3.8, 4) is 5.75 Å². The number of hydrogen-bond acceptors (Lipinski definition) is 3. The molecular formula is C16H24N2O2. The van der Waals surface area contributed by atoms with Crippen LogP contribution in [0.2, 0.25) is 0 Å². The lowest BCUT2D eigenvalue weighted by Crippen LogP contribution is -2.27. The van der Waals surface area contributed by atoms with Crippen LogP contribution in [0.15, 0.2) is 24.3 Å². The highest BCUT2D eigenvalue weighted by atomic mass is 16.5. The van der Waals surface area contributed by atoms with Crippen LogP contribution in [0.3, 0.4) is 0 Å². The van der Waals surface area contributed by atoms with Gasteiger partial charge in [0, 0.05) is 24.2 Å². The molecule has 2 unspecified atom stereocenters. The lowest BCUT2D eigenvalue weighted by molar-refractivity contribution is -0.116. The molecule has 0 radical (unpaired) electrons. The summed E-state index contributed by atoms with van der Waals surface area (Å²) in [5.74, 6) is 0.862. The molecule has 1 fully saturated rings. The van der Waals surface area contributed by atoms with E-state index in [2.05, 4.69) is 17.6 Å². The van der Waals surface area contributed by atoms with Crippen LogP contribution in [0.1, 0.15) is 39.5 Å². The van der Waals surface area contributed by atoms with Gasteiger partial charge in [-0.2, -0.15) is 0 Å². The summed E-state index contributed by atoms with van der Waals surface area (Å²) in [6, 6.07) is 7.92. The number of carbonyl (C=O) groups excluding carboxylic acids is 1. The third kappa shape index (κ3) is 4.53. The third-order valence-corrected chi connectivity index (χ3v) is 3.62. The number of hydrogen-bond donors (Lipinski definition) is 2. The number of ether oxygens (including phenoxy) is 1. The lowest BCUT2D eigenvalue weighted by Gasteiger charge is -2.14. The minimum absolute atomic E-state index is 0.0603. The van der Waals surface area contributed by atoms with Crippen LogP contribution in [-0.4, -0.2) is 24.6 Å². The van der Waals surface area contributed by atoms with Gasteiger partial charge < -0.3 is 15.4 Å². The number of anilines is 1. The third-order valence-electron chi connectivity index (χ3n) is 3.62. The second-order valence-electron chi connectivity index (χ2n) is 5.41. The van der Waals surface area contributed by atoms with Crippen LogP contribution in [0.25, 0.3) is 0 Å². The minimum atomic E-state index is 0.0603. The van der Waals surface area contributed by atoms with Gasteiger partial charge in [-0.1, -0.05) is 13.0 Å². The summed E-state index contributed by atoms with van der Waals surface area (Å²) in [5.41, 5.74) is 0.800. The van der Waals surface area contributed by atoms with Crippen molar-refractivity contribution in [1.82, 2.24) is 5.32 Å². The maximum absolute atomic E-state index is 12.0. The molecule has 0 aromatic heterocycles. The molecule has 0 spiro atoms. The Morgan fingerprint density at radius 2 is 2.40 bits per heavy atom. The molecule has 1 aromatic carbocycles. The summed E-state index contributed by atoms with van der Waals surface area (Å²) in [7, 11) is 0. The molecule has 1 aromatic rings. The molecule has 4 heteroatoms. The molecule has 0 bridgehead atoms. The molecule has 1 aliphatic rings. The van der Waals surface area contributed by atoms with E-state index in [0.717, 1.165) is 37.2 Å². The van der Waals surface area contributed by atoms with Gasteiger partial charge in [0.15, 0.2) is 0 Å². The summed E-state index contributed by atoms with van der Waals surface area (Å²) in [6.07, 6.45) is 3.94. The van der Waals surface area contributed by atoms with Gasteiger partial charge in [-0.25, -0.2) is 0 Å². The Balaban J connectivity index is 1.88. The fourth-order valence-electron chi connectivity index (χ4n) is 2.33. The Kier molecular flexibility index (Phi) is 5.41. The molecule has 110 valence electrons. The van der Waals surface area contributed by atoms with E-state index in [4.69, 9.17) is 4.74 Å². The van der Waals surface area contributed by atoms with Crippen LogP contribution in [-0.2, 0) is 4.79 Å². The largest absolute Gasteiger partial charge is 0.491 e. The van der Waals surface area contributed by atoms with Crippen molar-refractivity contribution in [3.63, 3.8) is 0 Å². The highest BCUT2D eigenvalue weighted by molar-refractivity contribution is 5.91. The van der Waals surface area contributed by atoms with Crippen molar-refractivity contribution >= 4 is 11.6 Å². The fourth-order valence-corrected chi connectivity index (χ4v) is 2.33. The standard InChI is InChI=1S/C16H24N2O2/c1-3-12(2)20-15-8-4-6-14(10-15)18-16(19)11-13-7-5-9-17-13/h4,6,8,10,12-13,17H,3,5,7,9,11H2,1-2H3,(H,18,19). The lowest BCUT2D eigenvalue weighted by atomic mass is 10.1. The monoisotopic (exact) mass is 276 g/mol. The van der Waals surface area contributed by atoms with E-state index in [1.807, 2.05) is 31.2 Å². The molecule has 20 heavy (non-hydrogen) atoms. The van der Waals surface area contributed by atoms with Gasteiger partial charge in [-0.15, -0.1) is 0 Å². The molecule has 1 amide bonds. The summed E-state index contributed by atoms with van der Waals surface area (Å²) >= 11 is 0. The van der Waals surface area contributed by atoms with E-state index >= 15 is 0 Å². The number of benzene rings is 1. The normalized spacial score (nSPS) is 19.6.